The number of anilines is 3. The topological polar surface area (TPSA) is 94.2 Å². The molecule has 3 aromatic rings. The third kappa shape index (κ3) is 7.28. The Labute approximate surface area is 233 Å². The second kappa shape index (κ2) is 13.0. The summed E-state index contributed by atoms with van der Waals surface area (Å²) in [6, 6.07) is 19.6. The second-order valence-corrected chi connectivity index (χ2v) is 9.76. The van der Waals surface area contributed by atoms with Gasteiger partial charge in [0.05, 0.1) is 7.11 Å². The average molecular weight is 548 g/mol. The molecule has 0 unspecified atom stereocenters. The summed E-state index contributed by atoms with van der Waals surface area (Å²) in [5.74, 6) is -0.358. The summed E-state index contributed by atoms with van der Waals surface area (Å²) in [6.45, 7) is 6.03. The zero-order valence-electron chi connectivity index (χ0n) is 22.9. The summed E-state index contributed by atoms with van der Waals surface area (Å²) in [4.78, 5) is 43.7. The normalized spacial score (nSPS) is 13.1. The van der Waals surface area contributed by atoms with E-state index in [1.54, 1.807) is 36.3 Å². The zero-order chi connectivity index (χ0) is 28.6. The molecule has 40 heavy (non-hydrogen) atoms. The first-order valence-electron chi connectivity index (χ1n) is 13.1. The van der Waals surface area contributed by atoms with E-state index >= 15 is 0 Å². The van der Waals surface area contributed by atoms with E-state index in [1.165, 1.54) is 29.2 Å². The molecule has 0 aliphatic carbocycles. The van der Waals surface area contributed by atoms with Gasteiger partial charge >= 0.3 is 6.03 Å². The number of carbonyl (C=O) groups excluding carboxylic acids is 3. The quantitative estimate of drug-likeness (QED) is 0.427. The Morgan fingerprint density at radius 1 is 0.850 bits per heavy atom. The van der Waals surface area contributed by atoms with Crippen LogP contribution in [0.1, 0.15) is 24.2 Å². The second-order valence-electron chi connectivity index (χ2n) is 9.76. The predicted octanol–water partition coefficient (Wildman–Crippen LogP) is 4.68. The Morgan fingerprint density at radius 3 is 2.00 bits per heavy atom. The zero-order valence-corrected chi connectivity index (χ0v) is 22.9. The van der Waals surface area contributed by atoms with Crippen molar-refractivity contribution in [1.29, 1.82) is 0 Å². The molecule has 0 radical (unpaired) electrons. The Morgan fingerprint density at radius 2 is 1.43 bits per heavy atom. The van der Waals surface area contributed by atoms with Crippen LogP contribution in [0.5, 0.6) is 5.75 Å². The number of carbonyl (C=O) groups is 3. The summed E-state index contributed by atoms with van der Waals surface area (Å²) in [5.41, 5.74) is 2.64. The van der Waals surface area contributed by atoms with Crippen LogP contribution in [0.2, 0.25) is 0 Å². The molecule has 0 atom stereocenters. The predicted molar refractivity (Wildman–Crippen MR) is 153 cm³/mol. The largest absolute Gasteiger partial charge is 0.497 e. The van der Waals surface area contributed by atoms with E-state index in [2.05, 4.69) is 15.5 Å². The van der Waals surface area contributed by atoms with Crippen molar-refractivity contribution in [1.82, 2.24) is 9.80 Å². The van der Waals surface area contributed by atoms with Crippen LogP contribution in [0.3, 0.4) is 0 Å². The number of nitrogens with one attached hydrogen (secondary N) is 2. The molecule has 3 aromatic carbocycles. The number of nitrogens with zero attached hydrogens (tertiary/aromatic N) is 3. The number of amides is 4. The highest BCUT2D eigenvalue weighted by Gasteiger charge is 2.23. The first-order chi connectivity index (χ1) is 19.2. The van der Waals surface area contributed by atoms with Gasteiger partial charge in [0, 0.05) is 54.8 Å². The van der Waals surface area contributed by atoms with Crippen molar-refractivity contribution in [2.75, 3.05) is 55.4 Å². The molecule has 0 aromatic heterocycles. The van der Waals surface area contributed by atoms with Gasteiger partial charge in [0.15, 0.2) is 0 Å². The minimum Gasteiger partial charge on any atom is -0.497 e. The smallest absolute Gasteiger partial charge is 0.321 e. The van der Waals surface area contributed by atoms with Crippen molar-refractivity contribution in [2.45, 2.75) is 19.9 Å². The van der Waals surface area contributed by atoms with Crippen LogP contribution in [-0.4, -0.2) is 73.5 Å². The van der Waals surface area contributed by atoms with Crippen LogP contribution in [-0.2, 0) is 4.79 Å². The van der Waals surface area contributed by atoms with Gasteiger partial charge in [-0.25, -0.2) is 9.18 Å². The van der Waals surface area contributed by atoms with Gasteiger partial charge in [0.25, 0.3) is 5.91 Å². The van der Waals surface area contributed by atoms with Gasteiger partial charge in [-0.3, -0.25) is 9.59 Å². The van der Waals surface area contributed by atoms with E-state index in [0.717, 1.165) is 11.4 Å². The lowest BCUT2D eigenvalue weighted by Crippen LogP contribution is -2.50. The van der Waals surface area contributed by atoms with Crippen molar-refractivity contribution in [3.63, 3.8) is 0 Å². The van der Waals surface area contributed by atoms with Gasteiger partial charge in [0.1, 0.15) is 18.1 Å². The average Bonchev–Trinajstić information content (AvgIpc) is 2.96. The third-order valence-electron chi connectivity index (χ3n) is 6.71. The van der Waals surface area contributed by atoms with Crippen molar-refractivity contribution >= 4 is 34.9 Å². The molecule has 10 heteroatoms. The fraction of sp³-hybridized carbons (Fsp3) is 0.300. The molecule has 210 valence electrons. The van der Waals surface area contributed by atoms with Crippen molar-refractivity contribution < 1.29 is 23.5 Å². The number of piperazine rings is 1. The molecule has 1 fully saturated rings. The Bertz CT molecular complexity index is 1310. The fourth-order valence-electron chi connectivity index (χ4n) is 4.40. The van der Waals surface area contributed by atoms with Gasteiger partial charge < -0.3 is 30.1 Å². The van der Waals surface area contributed by atoms with Crippen molar-refractivity contribution in [2.24, 2.45) is 0 Å². The van der Waals surface area contributed by atoms with Crippen LogP contribution >= 0.6 is 0 Å². The molecule has 2 N–H and O–H groups in total. The van der Waals surface area contributed by atoms with Crippen LogP contribution < -0.4 is 20.3 Å². The summed E-state index contributed by atoms with van der Waals surface area (Å²) >= 11 is 0. The van der Waals surface area contributed by atoms with E-state index in [-0.39, 0.29) is 30.4 Å². The molecule has 9 nitrogen and oxygen atoms in total. The van der Waals surface area contributed by atoms with Crippen molar-refractivity contribution in [3.8, 4) is 5.75 Å². The maximum Gasteiger partial charge on any atom is 0.321 e. The number of hydrogen-bond acceptors (Lipinski definition) is 5. The first-order valence-corrected chi connectivity index (χ1v) is 13.1. The van der Waals surface area contributed by atoms with Crippen LogP contribution in [0.4, 0.5) is 26.2 Å². The van der Waals surface area contributed by atoms with E-state index in [0.29, 0.717) is 43.1 Å². The monoisotopic (exact) mass is 547 g/mol. The van der Waals surface area contributed by atoms with E-state index in [1.807, 2.05) is 38.1 Å². The number of benzene rings is 3. The number of methoxy groups -OCH3 is 1. The maximum absolute atomic E-state index is 13.2. The minimum atomic E-state index is -0.425. The van der Waals surface area contributed by atoms with Crippen molar-refractivity contribution in [3.05, 3.63) is 84.2 Å². The number of hydrogen-bond donors (Lipinski definition) is 2. The summed E-state index contributed by atoms with van der Waals surface area (Å²) in [5, 5.41) is 5.76. The molecule has 0 bridgehead atoms. The molecular weight excluding hydrogens is 513 g/mol. The highest BCUT2D eigenvalue weighted by molar-refractivity contribution is 5.99. The SMILES string of the molecule is COc1ccc(NC(=O)N2CCN(c3ccc(NC(=O)CN(C(=O)c4ccc(F)cc4)C(C)C)cc3)CC2)cc1. The lowest BCUT2D eigenvalue weighted by atomic mass is 10.1. The summed E-state index contributed by atoms with van der Waals surface area (Å²) in [6.07, 6.45) is 0. The Kier molecular flexibility index (Phi) is 9.21. The lowest BCUT2D eigenvalue weighted by molar-refractivity contribution is -0.117. The van der Waals surface area contributed by atoms with Gasteiger partial charge in [-0.2, -0.15) is 0 Å². The Hall–Kier alpha value is -4.60. The molecule has 4 amide bonds. The number of ether oxygens (including phenoxy) is 1. The summed E-state index contributed by atoms with van der Waals surface area (Å²) in [7, 11) is 1.60. The van der Waals surface area contributed by atoms with Gasteiger partial charge in [-0.15, -0.1) is 0 Å². The number of urea groups is 1. The fourth-order valence-corrected chi connectivity index (χ4v) is 4.40. The number of halogens is 1. The molecule has 1 aliphatic rings. The molecule has 1 saturated heterocycles. The molecule has 0 spiro atoms. The molecule has 1 aliphatic heterocycles. The van der Waals surface area contributed by atoms with E-state index in [9.17, 15) is 18.8 Å². The molecule has 0 saturated carbocycles. The lowest BCUT2D eigenvalue weighted by Gasteiger charge is -2.36. The third-order valence-corrected chi connectivity index (χ3v) is 6.71. The highest BCUT2D eigenvalue weighted by atomic mass is 19.1. The number of rotatable bonds is 8. The van der Waals surface area contributed by atoms with E-state index < -0.39 is 5.82 Å². The van der Waals surface area contributed by atoms with Crippen LogP contribution in [0, 0.1) is 5.82 Å². The van der Waals surface area contributed by atoms with Gasteiger partial charge in [-0.05, 0) is 86.6 Å². The maximum atomic E-state index is 13.2. The van der Waals surface area contributed by atoms with Crippen LogP contribution in [0.15, 0.2) is 72.8 Å². The van der Waals surface area contributed by atoms with Gasteiger partial charge in [-0.1, -0.05) is 0 Å². The van der Waals surface area contributed by atoms with Gasteiger partial charge in [0.2, 0.25) is 5.91 Å². The molecule has 4 rings (SSSR count). The Balaban J connectivity index is 1.27. The molecular formula is C30H34FN5O4. The van der Waals surface area contributed by atoms with Crippen LogP contribution in [0.25, 0.3) is 0 Å². The van der Waals surface area contributed by atoms with E-state index in [4.69, 9.17) is 4.74 Å². The standard InChI is InChI=1S/C30H34FN5O4/c1-21(2)36(29(38)22-4-6-23(31)7-5-22)20-28(37)32-24-8-12-26(13-9-24)34-16-18-35(19-17-34)30(39)33-25-10-14-27(40-3)15-11-25/h4-15,21H,16-20H2,1-3H3,(H,32,37)(H,33,39). The first kappa shape index (κ1) is 28.4. The molecule has 1 heterocycles. The highest BCUT2D eigenvalue weighted by Crippen LogP contribution is 2.21. The summed E-state index contributed by atoms with van der Waals surface area (Å²) < 4.78 is 18.4. The minimum absolute atomic E-state index is 0.129.